The van der Waals surface area contributed by atoms with Crippen molar-refractivity contribution in [1.29, 1.82) is 0 Å². The van der Waals surface area contributed by atoms with E-state index in [-0.39, 0.29) is 24.8 Å². The van der Waals surface area contributed by atoms with E-state index in [0.717, 1.165) is 4.47 Å². The molecule has 1 aliphatic heterocycles. The number of methoxy groups -OCH3 is 1. The van der Waals surface area contributed by atoms with E-state index in [0.29, 0.717) is 0 Å². The first kappa shape index (κ1) is 19.8. The van der Waals surface area contributed by atoms with Gasteiger partial charge < -0.3 is 14.2 Å². The number of rotatable bonds is 6. The zero-order chi connectivity index (χ0) is 20.2. The minimum absolute atomic E-state index is 0.0117. The third-order valence-corrected chi connectivity index (χ3v) is 5.59. The summed E-state index contributed by atoms with van der Waals surface area (Å²) in [6.07, 6.45) is -2.15. The minimum Gasteiger partial charge on any atom is -0.462 e. The van der Waals surface area contributed by atoms with Crippen LogP contribution in [-0.4, -0.2) is 46.6 Å². The van der Waals surface area contributed by atoms with Crippen LogP contribution in [0.25, 0.3) is 0 Å². The Morgan fingerprint density at radius 2 is 2.04 bits per heavy atom. The molecule has 0 radical (unpaired) electrons. The summed E-state index contributed by atoms with van der Waals surface area (Å²) in [7, 11) is -2.59. The second kappa shape index (κ2) is 8.35. The Labute approximate surface area is 163 Å². The second-order valence-corrected chi connectivity index (χ2v) is 9.09. The van der Waals surface area contributed by atoms with Crippen molar-refractivity contribution in [2.75, 3.05) is 13.7 Å². The van der Waals surface area contributed by atoms with Gasteiger partial charge in [0.2, 0.25) is 0 Å². The van der Waals surface area contributed by atoms with E-state index in [1.54, 1.807) is 26.0 Å². The van der Waals surface area contributed by atoms with Crippen LogP contribution in [0.4, 0.5) is 0 Å². The fourth-order valence-corrected chi connectivity index (χ4v) is 3.62. The molecular formula is C17H23BrO7S. The van der Waals surface area contributed by atoms with Gasteiger partial charge in [0.05, 0.1) is 10.3 Å². The Hall–Kier alpha value is -1.00. The molecule has 0 saturated carbocycles. The fourth-order valence-electron chi connectivity index (χ4n) is 2.25. The van der Waals surface area contributed by atoms with Gasteiger partial charge in [-0.25, -0.2) is 0 Å². The molecule has 7 nitrogen and oxygen atoms in total. The predicted molar refractivity (Wildman–Crippen MR) is 96.9 cm³/mol. The number of benzene rings is 1. The molecule has 0 bridgehead atoms. The third-order valence-electron chi connectivity index (χ3n) is 3.71. The predicted octanol–water partition coefficient (Wildman–Crippen LogP) is 2.87. The van der Waals surface area contributed by atoms with Crippen LogP contribution >= 0.6 is 15.9 Å². The van der Waals surface area contributed by atoms with Gasteiger partial charge in [0.1, 0.15) is 18.8 Å². The number of esters is 1. The highest BCUT2D eigenvalue weighted by Gasteiger charge is 2.40. The molecule has 3 atom stereocenters. The fraction of sp³-hybridized carbons (Fsp3) is 0.588. The van der Waals surface area contributed by atoms with Crippen LogP contribution < -0.4 is 0 Å². The summed E-state index contributed by atoms with van der Waals surface area (Å²) < 4.78 is 54.4. The third kappa shape index (κ3) is 5.50. The van der Waals surface area contributed by atoms with E-state index in [1.807, 2.05) is 0 Å². The molecule has 1 aromatic rings. The highest BCUT2D eigenvalue weighted by Crippen LogP contribution is 2.28. The van der Waals surface area contributed by atoms with E-state index in [2.05, 4.69) is 15.9 Å². The summed E-state index contributed by atoms with van der Waals surface area (Å²) in [5.74, 6) is -0.559. The maximum atomic E-state index is 12.5. The van der Waals surface area contributed by atoms with Crippen molar-refractivity contribution in [3.05, 3.63) is 28.7 Å². The van der Waals surface area contributed by atoms with E-state index in [9.17, 15) is 13.2 Å². The number of ether oxygens (including phenoxy) is 3. The molecule has 146 valence electrons. The minimum atomic E-state index is -4.02. The van der Waals surface area contributed by atoms with Crippen molar-refractivity contribution in [3.63, 3.8) is 0 Å². The average molecular weight is 452 g/mol. The molecule has 0 amide bonds. The van der Waals surface area contributed by atoms with Crippen molar-refractivity contribution < 1.29 is 33.0 Å². The Balaban J connectivity index is 2.08. The highest BCUT2D eigenvalue weighted by atomic mass is 79.9. The molecular weight excluding hydrogens is 428 g/mol. The molecule has 1 saturated heterocycles. The first-order chi connectivity index (χ1) is 12.6. The Morgan fingerprint density at radius 3 is 2.62 bits per heavy atom. The van der Waals surface area contributed by atoms with E-state index in [4.69, 9.17) is 19.8 Å². The van der Waals surface area contributed by atoms with Gasteiger partial charge >= 0.3 is 5.97 Å². The number of carbonyl (C=O) groups excluding carboxylic acids is 1. The van der Waals surface area contributed by atoms with Crippen molar-refractivity contribution in [2.24, 2.45) is 5.41 Å². The maximum absolute atomic E-state index is 12.5. The summed E-state index contributed by atoms with van der Waals surface area (Å²) >= 11 is 3.25. The summed E-state index contributed by atoms with van der Waals surface area (Å²) in [6.45, 7) is 2.88. The van der Waals surface area contributed by atoms with Gasteiger partial charge in [-0.05, 0) is 45.0 Å². The van der Waals surface area contributed by atoms with Crippen molar-refractivity contribution in [1.82, 2.24) is 0 Å². The van der Waals surface area contributed by atoms with Gasteiger partial charge in [0, 0.05) is 19.4 Å². The first-order valence-corrected chi connectivity index (χ1v) is 10.1. The van der Waals surface area contributed by atoms with Crippen LogP contribution in [0.1, 0.15) is 28.5 Å². The quantitative estimate of drug-likeness (QED) is 0.485. The van der Waals surface area contributed by atoms with Gasteiger partial charge in [-0.15, -0.1) is 0 Å². The van der Waals surface area contributed by atoms with Gasteiger partial charge in [-0.1, -0.05) is 15.9 Å². The van der Waals surface area contributed by atoms with Crippen LogP contribution in [0, 0.1) is 5.41 Å². The van der Waals surface area contributed by atoms with Gasteiger partial charge in [-0.2, -0.15) is 8.42 Å². The summed E-state index contributed by atoms with van der Waals surface area (Å²) in [4.78, 5) is 12.1. The molecule has 1 fully saturated rings. The van der Waals surface area contributed by atoms with E-state index in [1.165, 1.54) is 19.2 Å². The molecule has 1 aromatic carbocycles. The summed E-state index contributed by atoms with van der Waals surface area (Å²) in [6, 6.07) is 6.05. The number of hydrogen-bond donors (Lipinski definition) is 0. The van der Waals surface area contributed by atoms with Gasteiger partial charge in [0.25, 0.3) is 10.1 Å². The van der Waals surface area contributed by atoms with Crippen LogP contribution in [-0.2, 0) is 33.3 Å². The molecule has 1 heterocycles. The Morgan fingerprint density at radius 1 is 1.38 bits per heavy atom. The smallest absolute Gasteiger partial charge is 0.311 e. The molecule has 1 unspecified atom stereocenters. The lowest BCUT2D eigenvalue weighted by Crippen LogP contribution is -2.34. The molecule has 0 aromatic heterocycles. The zero-order valence-corrected chi connectivity index (χ0v) is 17.2. The molecule has 0 spiro atoms. The number of hydrogen-bond acceptors (Lipinski definition) is 7. The lowest BCUT2D eigenvalue weighted by Gasteiger charge is -2.21. The van der Waals surface area contributed by atoms with E-state index < -0.39 is 40.0 Å². The van der Waals surface area contributed by atoms with Crippen molar-refractivity contribution in [3.8, 4) is 0 Å². The summed E-state index contributed by atoms with van der Waals surface area (Å²) in [5, 5.41) is 0. The van der Waals surface area contributed by atoms with Crippen LogP contribution in [0.5, 0.6) is 0 Å². The zero-order valence-electron chi connectivity index (χ0n) is 15.8. The van der Waals surface area contributed by atoms with Crippen LogP contribution in [0.3, 0.4) is 0 Å². The largest absolute Gasteiger partial charge is 0.462 e. The highest BCUT2D eigenvalue weighted by molar-refractivity contribution is 9.10. The van der Waals surface area contributed by atoms with Crippen LogP contribution in [0.15, 0.2) is 33.6 Å². The van der Waals surface area contributed by atoms with Crippen molar-refractivity contribution in [2.45, 2.75) is 50.6 Å². The number of carbonyl (C=O) groups is 1. The Kier molecular flexibility index (Phi) is 6.34. The topological polar surface area (TPSA) is 88.1 Å². The SMILES string of the molecule is [2H]CC(C)(C)C(=O)OC[C@H]1OC(OC)C[C@@H]1OS(=O)(=O)c1ccc(Br)cc1. The second-order valence-electron chi connectivity index (χ2n) is 6.60. The average Bonchev–Trinajstić information content (AvgIpc) is 3.01. The molecule has 26 heavy (non-hydrogen) atoms. The normalized spacial score (nSPS) is 24.3. The standard InChI is InChI=1S/C17H23BrO7S/c1-17(2,3)16(19)23-10-14-13(9-15(22-4)24-14)25-26(20,21)12-7-5-11(18)6-8-12/h5-8,13-15H,9-10H2,1-4H3/t13-,14+,15?/m0/s1/i1D. The molecule has 9 heteroatoms. The first-order valence-electron chi connectivity index (χ1n) is 8.63. The monoisotopic (exact) mass is 451 g/mol. The molecule has 0 aliphatic carbocycles. The van der Waals surface area contributed by atoms with E-state index >= 15 is 0 Å². The summed E-state index contributed by atoms with van der Waals surface area (Å²) in [5.41, 5.74) is -0.959. The van der Waals surface area contributed by atoms with Crippen LogP contribution in [0.2, 0.25) is 0 Å². The lowest BCUT2D eigenvalue weighted by molar-refractivity contribution is -0.165. The molecule has 0 N–H and O–H groups in total. The Bertz CT molecular complexity index is 751. The van der Waals surface area contributed by atoms with Crippen molar-refractivity contribution >= 4 is 32.0 Å². The number of halogens is 1. The molecule has 1 aliphatic rings. The maximum Gasteiger partial charge on any atom is 0.311 e. The molecule has 2 rings (SSSR count). The van der Waals surface area contributed by atoms with Gasteiger partial charge in [-0.3, -0.25) is 8.98 Å². The lowest BCUT2D eigenvalue weighted by atomic mass is 9.97. The van der Waals surface area contributed by atoms with Gasteiger partial charge in [0.15, 0.2) is 6.29 Å².